The largest absolute Gasteiger partial charge is 0.371 e. The van der Waals surface area contributed by atoms with E-state index < -0.39 is 42.0 Å². The fourth-order valence-electron chi connectivity index (χ4n) is 3.36. The number of aryl methyl sites for hydroxylation is 1. The average molecular weight is 392 g/mol. The van der Waals surface area contributed by atoms with Crippen molar-refractivity contribution in [3.05, 3.63) is 32.6 Å². The molecule has 140 valence electrons. The van der Waals surface area contributed by atoms with Crippen LogP contribution in [0.15, 0.2) is 15.8 Å². The molecule has 2 saturated heterocycles. The van der Waals surface area contributed by atoms with Gasteiger partial charge in [-0.1, -0.05) is 6.92 Å². The molecule has 1 aromatic rings. The number of fused-ring (bicyclic) bond motifs is 2. The number of ether oxygens (including phenoxy) is 2. The van der Waals surface area contributed by atoms with E-state index in [9.17, 15) is 14.5 Å². The van der Waals surface area contributed by atoms with Gasteiger partial charge in [0, 0.05) is 25.3 Å². The molecule has 2 N–H and O–H groups in total. The molecule has 0 aromatic carbocycles. The summed E-state index contributed by atoms with van der Waals surface area (Å²) in [6, 6.07) is 0. The van der Waals surface area contributed by atoms with Gasteiger partial charge in [-0.05, 0) is 25.2 Å². The maximum Gasteiger partial charge on any atom is 0.330 e. The topological polar surface area (TPSA) is 112 Å². The van der Waals surface area contributed by atoms with E-state index in [0.717, 1.165) is 0 Å². The highest BCUT2D eigenvalue weighted by Crippen LogP contribution is 2.54. The predicted octanol–water partition coefficient (Wildman–Crippen LogP) is 0.560. The standard InChI is InChI=1S/C14H21N2O7PS/c1-4-14-5-6-21-9(10(14)23-24(19,25)20-3)12(22-14)16-7-8(2)11(17)15-13(16)18/h7,9-10,12H,4-6H2,1-3H3,(H,19,25)(H,15,17,18)/t9-,10?,12+,14-,24?/m0/s1. The molecular weight excluding hydrogens is 371 g/mol. The minimum atomic E-state index is -3.45. The Bertz CT molecular complexity index is 824. The van der Waals surface area contributed by atoms with Crippen LogP contribution in [-0.2, 0) is 30.3 Å². The quantitative estimate of drug-likeness (QED) is 0.699. The first-order valence-corrected chi connectivity index (χ1v) is 10.5. The van der Waals surface area contributed by atoms with E-state index in [1.165, 1.54) is 17.9 Å². The first-order chi connectivity index (χ1) is 11.7. The fraction of sp³-hybridized carbons (Fsp3) is 0.714. The SMILES string of the molecule is CC[C@]12CCO[C@@H](C1OP(O)(=S)OC)[C@H](n1cc(C)c(=O)[nH]c1=O)O2. The van der Waals surface area contributed by atoms with Gasteiger partial charge >= 0.3 is 12.4 Å². The van der Waals surface area contributed by atoms with E-state index >= 15 is 0 Å². The highest BCUT2D eigenvalue weighted by Gasteiger charge is 2.60. The van der Waals surface area contributed by atoms with Crippen molar-refractivity contribution in [2.75, 3.05) is 13.7 Å². The van der Waals surface area contributed by atoms with Crippen LogP contribution in [0, 0.1) is 6.92 Å². The molecule has 0 aliphatic carbocycles. The Hall–Kier alpha value is -0.870. The van der Waals surface area contributed by atoms with Gasteiger partial charge in [0.2, 0.25) is 0 Å². The van der Waals surface area contributed by atoms with Crippen molar-refractivity contribution in [1.29, 1.82) is 0 Å². The summed E-state index contributed by atoms with van der Waals surface area (Å²) in [5.74, 6) is 0. The highest BCUT2D eigenvalue weighted by molar-refractivity contribution is 8.07. The van der Waals surface area contributed by atoms with Gasteiger partial charge in [0.15, 0.2) is 6.23 Å². The van der Waals surface area contributed by atoms with Crippen LogP contribution in [0.2, 0.25) is 0 Å². The molecule has 0 spiro atoms. The van der Waals surface area contributed by atoms with Crippen LogP contribution in [0.1, 0.15) is 31.6 Å². The summed E-state index contributed by atoms with van der Waals surface area (Å²) in [6.45, 7) is 0.495. The molecule has 2 aliphatic heterocycles. The van der Waals surface area contributed by atoms with Gasteiger partial charge in [-0.25, -0.2) is 4.79 Å². The Kier molecular flexibility index (Phi) is 5.06. The monoisotopic (exact) mass is 392 g/mol. The maximum atomic E-state index is 12.3. The van der Waals surface area contributed by atoms with Crippen LogP contribution in [0.4, 0.5) is 0 Å². The second-order valence-electron chi connectivity index (χ2n) is 6.17. The van der Waals surface area contributed by atoms with Crippen LogP contribution >= 0.6 is 6.72 Å². The summed E-state index contributed by atoms with van der Waals surface area (Å²) in [5.41, 5.74) is -1.44. The summed E-state index contributed by atoms with van der Waals surface area (Å²) >= 11 is 4.97. The van der Waals surface area contributed by atoms with Crippen LogP contribution in [-0.4, -0.2) is 46.0 Å². The molecule has 2 unspecified atom stereocenters. The number of nitrogens with one attached hydrogen (secondary N) is 1. The van der Waals surface area contributed by atoms with Gasteiger partial charge in [-0.2, -0.15) is 0 Å². The number of hydrogen-bond donors (Lipinski definition) is 2. The van der Waals surface area contributed by atoms with E-state index in [1.807, 2.05) is 6.92 Å². The molecule has 0 radical (unpaired) electrons. The van der Waals surface area contributed by atoms with E-state index in [-0.39, 0.29) is 0 Å². The normalized spacial score (nSPS) is 34.0. The smallest absolute Gasteiger partial charge is 0.330 e. The molecule has 5 atom stereocenters. The minimum absolute atomic E-state index is 0.372. The molecule has 9 nitrogen and oxygen atoms in total. The first-order valence-electron chi connectivity index (χ1n) is 7.91. The maximum absolute atomic E-state index is 12.3. The fourth-order valence-corrected chi connectivity index (χ4v) is 4.32. The number of H-pyrrole nitrogens is 1. The summed E-state index contributed by atoms with van der Waals surface area (Å²) < 4.78 is 23.8. The Morgan fingerprint density at radius 2 is 2.28 bits per heavy atom. The molecule has 3 rings (SSSR count). The Balaban J connectivity index is 2.04. The van der Waals surface area contributed by atoms with Crippen molar-refractivity contribution >= 4 is 18.5 Å². The van der Waals surface area contributed by atoms with Gasteiger partial charge in [0.05, 0.1) is 6.61 Å². The van der Waals surface area contributed by atoms with Crippen molar-refractivity contribution in [3.63, 3.8) is 0 Å². The molecule has 0 saturated carbocycles. The van der Waals surface area contributed by atoms with E-state index in [0.29, 0.717) is 25.0 Å². The lowest BCUT2D eigenvalue weighted by Gasteiger charge is -2.38. The molecule has 2 aliphatic rings. The van der Waals surface area contributed by atoms with Crippen LogP contribution in [0.5, 0.6) is 0 Å². The zero-order chi connectivity index (χ0) is 18.4. The van der Waals surface area contributed by atoms with Crippen molar-refractivity contribution in [2.24, 2.45) is 0 Å². The summed E-state index contributed by atoms with van der Waals surface area (Å²) in [7, 11) is 1.28. The van der Waals surface area contributed by atoms with Gasteiger partial charge in [0.25, 0.3) is 5.56 Å². The Morgan fingerprint density at radius 1 is 1.56 bits per heavy atom. The van der Waals surface area contributed by atoms with Crippen LogP contribution in [0.25, 0.3) is 0 Å². The van der Waals surface area contributed by atoms with Crippen molar-refractivity contribution in [1.82, 2.24) is 9.55 Å². The molecule has 1 aromatic heterocycles. The van der Waals surface area contributed by atoms with Crippen LogP contribution < -0.4 is 11.2 Å². The van der Waals surface area contributed by atoms with Gasteiger partial charge in [0.1, 0.15) is 17.8 Å². The number of aromatic amines is 1. The number of aromatic nitrogens is 2. The van der Waals surface area contributed by atoms with E-state index in [2.05, 4.69) is 4.98 Å². The molecule has 11 heteroatoms. The zero-order valence-corrected chi connectivity index (χ0v) is 15.8. The Labute approximate surface area is 149 Å². The van der Waals surface area contributed by atoms with Gasteiger partial charge < -0.3 is 18.9 Å². The minimum Gasteiger partial charge on any atom is -0.371 e. The van der Waals surface area contributed by atoms with E-state index in [1.54, 1.807) is 6.92 Å². The lowest BCUT2D eigenvalue weighted by Crippen LogP contribution is -2.49. The Morgan fingerprint density at radius 3 is 2.92 bits per heavy atom. The van der Waals surface area contributed by atoms with Crippen molar-refractivity contribution in [3.8, 4) is 0 Å². The summed E-state index contributed by atoms with van der Waals surface area (Å²) in [4.78, 5) is 36.2. The van der Waals surface area contributed by atoms with Gasteiger partial charge in [-0.3, -0.25) is 18.9 Å². The third-order valence-electron chi connectivity index (χ3n) is 4.78. The molecule has 2 fully saturated rings. The molecular formula is C14H21N2O7PS. The first kappa shape index (κ1) is 18.9. The lowest BCUT2D eigenvalue weighted by molar-refractivity contribution is -0.117. The molecule has 3 heterocycles. The number of hydrogen-bond acceptors (Lipinski definition) is 7. The van der Waals surface area contributed by atoms with Crippen molar-refractivity contribution in [2.45, 2.75) is 50.7 Å². The molecule has 0 amide bonds. The van der Waals surface area contributed by atoms with E-state index in [4.69, 9.17) is 30.3 Å². The second-order valence-corrected chi connectivity index (χ2v) is 9.07. The number of nitrogens with zero attached hydrogens (tertiary/aromatic N) is 1. The third-order valence-corrected chi connectivity index (χ3v) is 6.45. The number of rotatable bonds is 5. The summed E-state index contributed by atoms with van der Waals surface area (Å²) in [5, 5.41) is 0. The second kappa shape index (κ2) is 6.70. The zero-order valence-electron chi connectivity index (χ0n) is 14.1. The highest BCUT2D eigenvalue weighted by atomic mass is 32.5. The average Bonchev–Trinajstić information content (AvgIpc) is 2.73. The molecule has 25 heavy (non-hydrogen) atoms. The van der Waals surface area contributed by atoms with Crippen molar-refractivity contribution < 1.29 is 23.4 Å². The third kappa shape index (κ3) is 3.28. The molecule has 2 bridgehead atoms. The summed E-state index contributed by atoms with van der Waals surface area (Å²) in [6.07, 6.45) is 0.373. The lowest BCUT2D eigenvalue weighted by atomic mass is 9.87. The predicted molar refractivity (Wildman–Crippen MR) is 91.9 cm³/mol. The van der Waals surface area contributed by atoms with Crippen LogP contribution in [0.3, 0.4) is 0 Å². The van der Waals surface area contributed by atoms with Gasteiger partial charge in [-0.15, -0.1) is 0 Å².